The first-order valence-corrected chi connectivity index (χ1v) is 8.99. The van der Waals surface area contributed by atoms with Crippen molar-refractivity contribution >= 4 is 5.91 Å². The summed E-state index contributed by atoms with van der Waals surface area (Å²) in [6.07, 6.45) is 6.52. The summed E-state index contributed by atoms with van der Waals surface area (Å²) in [7, 11) is 1.97. The molecule has 0 saturated heterocycles. The van der Waals surface area contributed by atoms with E-state index in [2.05, 4.69) is 17.3 Å². The second-order valence-corrected chi connectivity index (χ2v) is 7.51. The van der Waals surface area contributed by atoms with Gasteiger partial charge >= 0.3 is 0 Å². The van der Waals surface area contributed by atoms with Gasteiger partial charge in [0, 0.05) is 31.2 Å². The Bertz CT molecular complexity index is 566. The number of carbonyl (C=O) groups excluding carboxylic acids is 1. The maximum absolute atomic E-state index is 12.5. The Kier molecular flexibility index (Phi) is 4.76. The first-order chi connectivity index (χ1) is 11.0. The van der Waals surface area contributed by atoms with Crippen LogP contribution < -0.4 is 11.1 Å². The molecule has 23 heavy (non-hydrogen) atoms. The quantitative estimate of drug-likeness (QED) is 0.890. The van der Waals surface area contributed by atoms with Crippen LogP contribution in [0.5, 0.6) is 0 Å². The second-order valence-electron chi connectivity index (χ2n) is 7.51. The summed E-state index contributed by atoms with van der Waals surface area (Å²) in [4.78, 5) is 12.5. The van der Waals surface area contributed by atoms with Crippen molar-refractivity contribution < 1.29 is 4.79 Å². The Labute approximate surface area is 139 Å². The van der Waals surface area contributed by atoms with Crippen LogP contribution in [0.2, 0.25) is 0 Å². The summed E-state index contributed by atoms with van der Waals surface area (Å²) in [5, 5.41) is 7.59. The monoisotopic (exact) mass is 318 g/mol. The van der Waals surface area contributed by atoms with Crippen LogP contribution in [0.4, 0.5) is 0 Å². The van der Waals surface area contributed by atoms with Gasteiger partial charge in [-0.1, -0.05) is 6.42 Å². The summed E-state index contributed by atoms with van der Waals surface area (Å²) in [5.74, 6) is 1.51. The minimum atomic E-state index is 0.168. The number of fused-ring (bicyclic) bond motifs is 2. The smallest absolute Gasteiger partial charge is 0.223 e. The van der Waals surface area contributed by atoms with Crippen molar-refractivity contribution in [1.29, 1.82) is 0 Å². The average molecular weight is 318 g/mol. The van der Waals surface area contributed by atoms with Crippen LogP contribution in [-0.4, -0.2) is 28.3 Å². The van der Waals surface area contributed by atoms with E-state index in [1.807, 2.05) is 18.7 Å². The van der Waals surface area contributed by atoms with E-state index in [9.17, 15) is 4.79 Å². The van der Waals surface area contributed by atoms with Gasteiger partial charge in [0.15, 0.2) is 0 Å². The van der Waals surface area contributed by atoms with Gasteiger partial charge in [0.05, 0.1) is 5.69 Å². The van der Waals surface area contributed by atoms with E-state index in [4.69, 9.17) is 5.73 Å². The van der Waals surface area contributed by atoms with Crippen molar-refractivity contribution in [3.8, 4) is 0 Å². The third-order valence-corrected chi connectivity index (χ3v) is 6.12. The summed E-state index contributed by atoms with van der Waals surface area (Å²) in [6.45, 7) is 4.82. The van der Waals surface area contributed by atoms with E-state index in [0.29, 0.717) is 24.4 Å². The van der Waals surface area contributed by atoms with E-state index in [0.717, 1.165) is 25.0 Å². The van der Waals surface area contributed by atoms with Crippen molar-refractivity contribution in [3.05, 3.63) is 17.0 Å². The molecule has 5 nitrogen and oxygen atoms in total. The molecule has 1 heterocycles. The molecule has 0 radical (unpaired) electrons. The fourth-order valence-corrected chi connectivity index (χ4v) is 4.64. The second kappa shape index (κ2) is 6.63. The Morgan fingerprint density at radius 3 is 2.52 bits per heavy atom. The van der Waals surface area contributed by atoms with E-state index in [1.165, 1.54) is 30.5 Å². The van der Waals surface area contributed by atoms with Crippen molar-refractivity contribution in [3.63, 3.8) is 0 Å². The Hall–Kier alpha value is -1.36. The molecule has 2 atom stereocenters. The third-order valence-electron chi connectivity index (χ3n) is 6.12. The lowest BCUT2D eigenvalue weighted by Crippen LogP contribution is -2.49. The number of amides is 1. The van der Waals surface area contributed by atoms with Crippen molar-refractivity contribution in [2.24, 2.45) is 30.5 Å². The number of aryl methyl sites for hydroxylation is 2. The minimum Gasteiger partial charge on any atom is -0.356 e. The summed E-state index contributed by atoms with van der Waals surface area (Å²) in [6, 6.07) is 0.327. The molecule has 2 fully saturated rings. The maximum atomic E-state index is 12.5. The van der Waals surface area contributed by atoms with Gasteiger partial charge in [0.2, 0.25) is 5.91 Å². The predicted molar refractivity (Wildman–Crippen MR) is 90.9 cm³/mol. The molecule has 2 bridgehead atoms. The fraction of sp³-hybridized carbons (Fsp3) is 0.778. The molecule has 1 aromatic heterocycles. The number of aromatic nitrogens is 2. The Morgan fingerprint density at radius 2 is 1.96 bits per heavy atom. The third kappa shape index (κ3) is 3.30. The maximum Gasteiger partial charge on any atom is 0.223 e. The average Bonchev–Trinajstić information content (AvgIpc) is 2.73. The fourth-order valence-electron chi connectivity index (χ4n) is 4.64. The lowest BCUT2D eigenvalue weighted by molar-refractivity contribution is -0.127. The number of nitrogens with one attached hydrogen (secondary N) is 1. The van der Waals surface area contributed by atoms with Crippen LogP contribution in [0.1, 0.15) is 49.1 Å². The first-order valence-electron chi connectivity index (χ1n) is 8.99. The van der Waals surface area contributed by atoms with Crippen molar-refractivity contribution in [2.45, 2.75) is 58.4 Å². The van der Waals surface area contributed by atoms with Crippen LogP contribution in [0, 0.1) is 31.6 Å². The molecule has 0 aromatic carbocycles. The molecule has 128 valence electrons. The number of nitrogens with two attached hydrogens (primary N) is 1. The van der Waals surface area contributed by atoms with Gasteiger partial charge in [-0.3, -0.25) is 9.48 Å². The minimum absolute atomic E-state index is 0.168. The normalized spacial score (nSPS) is 30.3. The van der Waals surface area contributed by atoms with Crippen molar-refractivity contribution in [2.75, 3.05) is 6.54 Å². The summed E-state index contributed by atoms with van der Waals surface area (Å²) >= 11 is 0. The SMILES string of the molecule is Cc1nn(C)c(C)c1CCNC(=O)C1CC2CCCC(C1)C2N. The van der Waals surface area contributed by atoms with Gasteiger partial charge < -0.3 is 11.1 Å². The van der Waals surface area contributed by atoms with E-state index in [-0.39, 0.29) is 11.8 Å². The Balaban J connectivity index is 1.52. The van der Waals surface area contributed by atoms with Crippen molar-refractivity contribution in [1.82, 2.24) is 15.1 Å². The summed E-state index contributed by atoms with van der Waals surface area (Å²) in [5.41, 5.74) is 9.83. The van der Waals surface area contributed by atoms with Gasteiger partial charge in [0.25, 0.3) is 0 Å². The standard InChI is InChI=1S/C18H30N4O/c1-11-16(12(2)22(3)21-11)7-8-20-18(23)15-9-13-5-4-6-14(10-15)17(13)19/h13-15,17H,4-10,19H2,1-3H3,(H,20,23). The zero-order valence-corrected chi connectivity index (χ0v) is 14.6. The Morgan fingerprint density at radius 1 is 1.30 bits per heavy atom. The largest absolute Gasteiger partial charge is 0.356 e. The molecule has 2 aliphatic rings. The number of hydrogen-bond acceptors (Lipinski definition) is 3. The van der Waals surface area contributed by atoms with Gasteiger partial charge in [-0.2, -0.15) is 5.10 Å². The molecule has 3 N–H and O–H groups in total. The molecule has 1 aromatic rings. The van der Waals surface area contributed by atoms with E-state index < -0.39 is 0 Å². The molecular formula is C18H30N4O. The van der Waals surface area contributed by atoms with E-state index in [1.54, 1.807) is 0 Å². The molecule has 2 unspecified atom stereocenters. The van der Waals surface area contributed by atoms with Gasteiger partial charge in [0.1, 0.15) is 0 Å². The summed E-state index contributed by atoms with van der Waals surface area (Å²) < 4.78 is 1.91. The molecule has 5 heteroatoms. The molecule has 0 aliphatic heterocycles. The zero-order chi connectivity index (χ0) is 16.6. The van der Waals surface area contributed by atoms with Crippen LogP contribution in [0.25, 0.3) is 0 Å². The lowest BCUT2D eigenvalue weighted by atomic mass is 9.65. The molecular weight excluding hydrogens is 288 g/mol. The van der Waals surface area contributed by atoms with Gasteiger partial charge in [-0.05, 0) is 63.4 Å². The van der Waals surface area contributed by atoms with E-state index >= 15 is 0 Å². The first kappa shape index (κ1) is 16.5. The van der Waals surface area contributed by atoms with Crippen LogP contribution in [0.3, 0.4) is 0 Å². The highest BCUT2D eigenvalue weighted by molar-refractivity contribution is 5.78. The molecule has 3 rings (SSSR count). The molecule has 0 spiro atoms. The number of rotatable bonds is 4. The van der Waals surface area contributed by atoms with Crippen LogP contribution in [-0.2, 0) is 18.3 Å². The highest BCUT2D eigenvalue weighted by atomic mass is 16.1. The predicted octanol–water partition coefficient (Wildman–Crippen LogP) is 1.85. The number of carbonyl (C=O) groups is 1. The van der Waals surface area contributed by atoms with Gasteiger partial charge in [-0.25, -0.2) is 0 Å². The van der Waals surface area contributed by atoms with Gasteiger partial charge in [-0.15, -0.1) is 0 Å². The van der Waals surface area contributed by atoms with Crippen LogP contribution in [0.15, 0.2) is 0 Å². The zero-order valence-electron chi connectivity index (χ0n) is 14.6. The number of nitrogens with zero attached hydrogens (tertiary/aromatic N) is 2. The molecule has 2 saturated carbocycles. The molecule has 2 aliphatic carbocycles. The highest BCUT2D eigenvalue weighted by Crippen LogP contribution is 2.41. The highest BCUT2D eigenvalue weighted by Gasteiger charge is 2.40. The number of hydrogen-bond donors (Lipinski definition) is 2. The molecule has 1 amide bonds. The lowest BCUT2D eigenvalue weighted by Gasteiger charge is -2.43. The topological polar surface area (TPSA) is 72.9 Å². The van der Waals surface area contributed by atoms with Crippen LogP contribution >= 0.6 is 0 Å².